The van der Waals surface area contributed by atoms with Gasteiger partial charge < -0.3 is 51.3 Å². The summed E-state index contributed by atoms with van der Waals surface area (Å²) >= 11 is 0. The summed E-state index contributed by atoms with van der Waals surface area (Å²) < 4.78 is 5.46. The van der Waals surface area contributed by atoms with Crippen molar-refractivity contribution in [2.45, 2.75) is 127 Å². The Morgan fingerprint density at radius 2 is 1.67 bits per heavy atom. The summed E-state index contributed by atoms with van der Waals surface area (Å²) in [6, 6.07) is 15.9. The predicted octanol–water partition coefficient (Wildman–Crippen LogP) is 6.12. The van der Waals surface area contributed by atoms with Crippen molar-refractivity contribution in [3.05, 3.63) is 114 Å². The number of guanidine groups is 1. The Hall–Kier alpha value is -5.60. The molecule has 1 spiro atoms. The molecule has 4 aliphatic heterocycles. The van der Waals surface area contributed by atoms with Gasteiger partial charge in [-0.1, -0.05) is 114 Å². The molecule has 0 radical (unpaired) electrons. The lowest BCUT2D eigenvalue weighted by atomic mass is 9.77. The zero-order valence-electron chi connectivity index (χ0n) is 38.7. The van der Waals surface area contributed by atoms with Gasteiger partial charge in [-0.25, -0.2) is 4.79 Å². The number of nitrogens with zero attached hydrogens (tertiary/aromatic N) is 3. The third-order valence-electron chi connectivity index (χ3n) is 13.4. The van der Waals surface area contributed by atoms with Crippen molar-refractivity contribution < 1.29 is 24.5 Å². The number of allylic oxidation sites excluding steroid dienone is 6. The van der Waals surface area contributed by atoms with E-state index in [1.54, 1.807) is 4.90 Å². The van der Waals surface area contributed by atoms with Crippen LogP contribution in [0.25, 0.3) is 0 Å². The van der Waals surface area contributed by atoms with Gasteiger partial charge in [0.15, 0.2) is 11.6 Å². The summed E-state index contributed by atoms with van der Waals surface area (Å²) in [6.07, 6.45) is 16.7. The van der Waals surface area contributed by atoms with Gasteiger partial charge in [-0.3, -0.25) is 15.2 Å². The number of anilines is 1. The molecule has 2 amide bonds. The first kappa shape index (κ1) is 47.9. The average Bonchev–Trinajstić information content (AvgIpc) is 3.82. The van der Waals surface area contributed by atoms with Crippen LogP contribution in [0.4, 0.5) is 10.5 Å². The van der Waals surface area contributed by atoms with E-state index in [4.69, 9.17) is 15.1 Å². The molecule has 0 aromatic heterocycles. The highest BCUT2D eigenvalue weighted by Crippen LogP contribution is 2.47. The summed E-state index contributed by atoms with van der Waals surface area (Å²) in [6.45, 7) is 17.0. The van der Waals surface area contributed by atoms with Crippen molar-refractivity contribution in [2.24, 2.45) is 4.99 Å². The molecule has 0 saturated carbocycles. The summed E-state index contributed by atoms with van der Waals surface area (Å²) in [5, 5.41) is 45.1. The Bertz CT molecular complexity index is 2140. The first-order chi connectivity index (χ1) is 30.5. The van der Waals surface area contributed by atoms with Crippen LogP contribution in [0.15, 0.2) is 102 Å². The monoisotopic (exact) mass is 878 g/mol. The Balaban J connectivity index is 0.855. The molecule has 6 rings (SSSR count). The number of aliphatic hydroxyl groups is 2. The van der Waals surface area contributed by atoms with E-state index < -0.39 is 29.6 Å². The SMILES string of the molecule is C=C1N[C@H]2[C@H](COC(=O)NCCCCCCNC(=O)CCCCC\N=C(/C=C/C=C/C=C3\N(C)c4ccccc4C3(C)C)C(C)(C)c3ccccc3C)NC(=N)N3CCC(O)(O)[C@]23N1. The number of nitrogens with one attached hydrogen (secondary N) is 6. The molecule has 8 N–H and O–H groups in total. The van der Waals surface area contributed by atoms with Crippen molar-refractivity contribution in [1.29, 1.82) is 5.41 Å². The van der Waals surface area contributed by atoms with Crippen molar-refractivity contribution in [1.82, 2.24) is 31.5 Å². The van der Waals surface area contributed by atoms with E-state index >= 15 is 0 Å². The number of aliphatic imine (C=N–C) groups is 1. The van der Waals surface area contributed by atoms with E-state index in [1.165, 1.54) is 28.1 Å². The molecule has 14 nitrogen and oxygen atoms in total. The number of aryl methyl sites for hydroxylation is 1. The summed E-state index contributed by atoms with van der Waals surface area (Å²) in [4.78, 5) is 34.0. The predicted molar refractivity (Wildman–Crippen MR) is 255 cm³/mol. The van der Waals surface area contributed by atoms with Gasteiger partial charge in [0.05, 0.1) is 17.9 Å². The highest BCUT2D eigenvalue weighted by Gasteiger charge is 2.70. The largest absolute Gasteiger partial charge is 0.447 e. The molecule has 3 fully saturated rings. The minimum atomic E-state index is -2.11. The van der Waals surface area contributed by atoms with E-state index in [-0.39, 0.29) is 42.3 Å². The Morgan fingerprint density at radius 1 is 0.969 bits per heavy atom. The lowest BCUT2D eigenvalue weighted by Gasteiger charge is -2.51. The minimum absolute atomic E-state index is 0.0194. The summed E-state index contributed by atoms with van der Waals surface area (Å²) in [7, 11) is 2.14. The zero-order chi connectivity index (χ0) is 46.1. The second-order valence-electron chi connectivity index (χ2n) is 18.6. The molecule has 64 heavy (non-hydrogen) atoms. The molecule has 0 unspecified atom stereocenters. The molecule has 14 heteroatoms. The maximum Gasteiger partial charge on any atom is 0.407 e. The molecular formula is C50H71N9O5. The molecular weight excluding hydrogens is 807 g/mol. The number of amides is 2. The number of likely N-dealkylation sites (N-methyl/N-ethyl adjacent to an activating group) is 1. The van der Waals surface area contributed by atoms with Crippen LogP contribution in [0.3, 0.4) is 0 Å². The van der Waals surface area contributed by atoms with Gasteiger partial charge in [0, 0.05) is 74.0 Å². The highest BCUT2D eigenvalue weighted by molar-refractivity contribution is 6.03. The molecule has 2 aromatic rings. The molecule has 4 aliphatic rings. The molecule has 2 aromatic carbocycles. The van der Waals surface area contributed by atoms with E-state index in [1.807, 2.05) is 0 Å². The number of hydrogen-bond acceptors (Lipinski definition) is 10. The smallest absolute Gasteiger partial charge is 0.407 e. The molecule has 3 saturated heterocycles. The van der Waals surface area contributed by atoms with E-state index in [0.717, 1.165) is 50.7 Å². The molecule has 0 aliphatic carbocycles. The molecule has 0 bridgehead atoms. The quantitative estimate of drug-likeness (QED) is 0.0334. The standard InChI is InChI=1S/C50H71N9O5/c1-35-22-15-16-23-37(35)47(3,4)41(26-12-10-13-27-42-48(5,6)38-24-17-18-25-40(38)58(42)7)52-30-21-11-14-28-43(60)53-31-19-8-9-20-32-54-46(61)64-34-39-44-50(57-36(2)55-44)49(62,63)29-33-59(50)45(51)56-39/h10,12-13,15-18,22-27,39,44,55,57,62-63H,2,8-9,11,14,19-21,28-34H2,1,3-7H3,(H2,51,56)(H,53,60)(H,54,61)/b13-10+,26-12+,42-27-,52-41+/t39-,44-,50-/m0/s1. The number of para-hydroxylation sites is 1. The lowest BCUT2D eigenvalue weighted by molar-refractivity contribution is -0.224. The fourth-order valence-electron chi connectivity index (χ4n) is 9.86. The average molecular weight is 878 g/mol. The first-order valence-electron chi connectivity index (χ1n) is 23.0. The Kier molecular flexibility index (Phi) is 15.3. The number of hydrogen-bond donors (Lipinski definition) is 8. The first-order valence-corrected chi connectivity index (χ1v) is 23.0. The highest BCUT2D eigenvalue weighted by atomic mass is 16.5. The topological polar surface area (TPSA) is 187 Å². The number of carbonyl (C=O) groups is 2. The van der Waals surface area contributed by atoms with Crippen LogP contribution in [0, 0.1) is 12.3 Å². The maximum absolute atomic E-state index is 12.6. The number of ether oxygens (including phenoxy) is 1. The molecule has 3 atom stereocenters. The van der Waals surface area contributed by atoms with Crippen molar-refractivity contribution in [3.8, 4) is 0 Å². The van der Waals surface area contributed by atoms with Gasteiger partial charge in [-0.2, -0.15) is 0 Å². The number of benzene rings is 2. The van der Waals surface area contributed by atoms with Crippen LogP contribution in [0.5, 0.6) is 0 Å². The second-order valence-corrected chi connectivity index (χ2v) is 18.6. The fraction of sp³-hybridized carbons (Fsp3) is 0.520. The van der Waals surface area contributed by atoms with Gasteiger partial charge in [0.25, 0.3) is 0 Å². The van der Waals surface area contributed by atoms with Gasteiger partial charge in [0.1, 0.15) is 6.61 Å². The number of fused-ring (bicyclic) bond motifs is 1. The van der Waals surface area contributed by atoms with Gasteiger partial charge in [-0.15, -0.1) is 0 Å². The van der Waals surface area contributed by atoms with Crippen molar-refractivity contribution in [2.75, 3.05) is 44.7 Å². The molecule has 4 heterocycles. The van der Waals surface area contributed by atoms with Gasteiger partial charge in [0.2, 0.25) is 11.7 Å². The lowest BCUT2D eigenvalue weighted by Crippen LogP contribution is -2.80. The minimum Gasteiger partial charge on any atom is -0.447 e. The van der Waals surface area contributed by atoms with Gasteiger partial charge in [-0.05, 0) is 67.5 Å². The van der Waals surface area contributed by atoms with Crippen molar-refractivity contribution in [3.63, 3.8) is 0 Å². The number of rotatable bonds is 20. The fourth-order valence-corrected chi connectivity index (χ4v) is 9.86. The normalized spacial score (nSPS) is 22.9. The van der Waals surface area contributed by atoms with Gasteiger partial charge >= 0.3 is 6.09 Å². The van der Waals surface area contributed by atoms with E-state index in [9.17, 15) is 19.8 Å². The third-order valence-corrected chi connectivity index (χ3v) is 13.4. The van der Waals surface area contributed by atoms with E-state index in [0.29, 0.717) is 31.9 Å². The van der Waals surface area contributed by atoms with Crippen LogP contribution < -0.4 is 31.5 Å². The van der Waals surface area contributed by atoms with E-state index in [2.05, 4.69) is 159 Å². The second kappa shape index (κ2) is 20.5. The zero-order valence-corrected chi connectivity index (χ0v) is 38.7. The van der Waals surface area contributed by atoms with Crippen LogP contribution in [0.1, 0.15) is 102 Å². The van der Waals surface area contributed by atoms with Crippen LogP contribution in [0.2, 0.25) is 0 Å². The summed E-state index contributed by atoms with van der Waals surface area (Å²) in [5.74, 6) is -1.62. The van der Waals surface area contributed by atoms with Crippen LogP contribution in [-0.2, 0) is 20.4 Å². The number of carbonyl (C=O) groups excluding carboxylic acids is 2. The summed E-state index contributed by atoms with van der Waals surface area (Å²) in [5.41, 5.74) is 5.65. The molecule has 346 valence electrons. The van der Waals surface area contributed by atoms with Crippen LogP contribution in [-0.4, -0.2) is 102 Å². The third kappa shape index (κ3) is 10.3. The Morgan fingerprint density at radius 3 is 2.42 bits per heavy atom. The number of alkyl carbamates (subject to hydrolysis) is 1. The Labute approximate surface area is 379 Å². The van der Waals surface area contributed by atoms with Crippen molar-refractivity contribution >= 4 is 29.4 Å². The maximum atomic E-state index is 12.6. The van der Waals surface area contributed by atoms with Crippen LogP contribution >= 0.6 is 0 Å². The number of unbranched alkanes of at least 4 members (excludes halogenated alkanes) is 5.